The predicted molar refractivity (Wildman–Crippen MR) is 136 cm³/mol. The minimum Gasteiger partial charge on any atom is -0.368 e. The SMILES string of the molecule is NC1CC(N)CN(c2ccc3c(c2)C2(c4ccccc4-c4ccccc42)c2ccccc2-3)C1. The van der Waals surface area contributed by atoms with Gasteiger partial charge in [-0.2, -0.15) is 0 Å². The summed E-state index contributed by atoms with van der Waals surface area (Å²) in [7, 11) is 0. The fourth-order valence-corrected chi connectivity index (χ4v) is 6.67. The Hall–Kier alpha value is -3.40. The maximum absolute atomic E-state index is 6.36. The summed E-state index contributed by atoms with van der Waals surface area (Å²) < 4.78 is 0. The molecule has 4 N–H and O–H groups in total. The number of anilines is 1. The number of hydrogen-bond donors (Lipinski definition) is 2. The maximum Gasteiger partial charge on any atom is 0.0726 e. The Balaban J connectivity index is 1.54. The maximum atomic E-state index is 6.36. The third-order valence-corrected chi connectivity index (χ3v) is 7.86. The van der Waals surface area contributed by atoms with Crippen LogP contribution in [-0.2, 0) is 5.41 Å². The Labute approximate surface area is 194 Å². The lowest BCUT2D eigenvalue weighted by molar-refractivity contribution is 0.452. The summed E-state index contributed by atoms with van der Waals surface area (Å²) in [6.45, 7) is 1.69. The molecule has 0 amide bonds. The molecule has 0 bridgehead atoms. The Morgan fingerprint density at radius 3 is 1.55 bits per heavy atom. The van der Waals surface area contributed by atoms with E-state index in [4.69, 9.17) is 11.5 Å². The molecule has 3 aliphatic rings. The number of fused-ring (bicyclic) bond motifs is 10. The molecular formula is C30H27N3. The first kappa shape index (κ1) is 19.1. The van der Waals surface area contributed by atoms with Crippen LogP contribution in [0.25, 0.3) is 22.3 Å². The van der Waals surface area contributed by atoms with Gasteiger partial charge in [0.15, 0.2) is 0 Å². The van der Waals surface area contributed by atoms with Crippen molar-refractivity contribution in [1.82, 2.24) is 0 Å². The van der Waals surface area contributed by atoms with E-state index in [1.54, 1.807) is 0 Å². The minimum absolute atomic E-state index is 0.112. The largest absolute Gasteiger partial charge is 0.368 e. The highest BCUT2D eigenvalue weighted by atomic mass is 15.2. The van der Waals surface area contributed by atoms with Gasteiger partial charge in [-0.15, -0.1) is 0 Å². The van der Waals surface area contributed by atoms with Gasteiger partial charge in [0, 0.05) is 30.9 Å². The topological polar surface area (TPSA) is 55.3 Å². The fraction of sp³-hybridized carbons (Fsp3) is 0.200. The zero-order valence-electron chi connectivity index (χ0n) is 18.5. The van der Waals surface area contributed by atoms with Gasteiger partial charge in [0.25, 0.3) is 0 Å². The lowest BCUT2D eigenvalue weighted by Crippen LogP contribution is -2.52. The Morgan fingerprint density at radius 2 is 1.03 bits per heavy atom. The van der Waals surface area contributed by atoms with Crippen LogP contribution < -0.4 is 16.4 Å². The van der Waals surface area contributed by atoms with Crippen LogP contribution in [0.4, 0.5) is 5.69 Å². The van der Waals surface area contributed by atoms with E-state index in [2.05, 4.69) is 95.9 Å². The zero-order chi connectivity index (χ0) is 22.2. The van der Waals surface area contributed by atoms with Gasteiger partial charge < -0.3 is 16.4 Å². The van der Waals surface area contributed by atoms with E-state index in [9.17, 15) is 0 Å². The zero-order valence-corrected chi connectivity index (χ0v) is 18.5. The highest BCUT2D eigenvalue weighted by molar-refractivity contribution is 5.95. The molecule has 0 aromatic heterocycles. The van der Waals surface area contributed by atoms with Gasteiger partial charge in [-0.25, -0.2) is 0 Å². The van der Waals surface area contributed by atoms with E-state index in [1.807, 2.05) is 0 Å². The summed E-state index contributed by atoms with van der Waals surface area (Å²) in [5.41, 5.74) is 24.5. The monoisotopic (exact) mass is 429 g/mol. The van der Waals surface area contributed by atoms with Gasteiger partial charge in [-0.05, 0) is 63.1 Å². The molecule has 162 valence electrons. The van der Waals surface area contributed by atoms with Crippen molar-refractivity contribution in [2.24, 2.45) is 11.5 Å². The number of piperidine rings is 1. The third kappa shape index (κ3) is 2.47. The summed E-state index contributed by atoms with van der Waals surface area (Å²) in [5.74, 6) is 0. The highest BCUT2D eigenvalue weighted by Gasteiger charge is 2.51. The molecule has 1 saturated heterocycles. The standard InChI is InChI=1S/C30H27N3/c31-19-15-20(32)18-33(17-19)21-13-14-25-24-9-3-6-12-28(24)30(29(25)16-21)26-10-4-1-7-22(26)23-8-2-5-11-27(23)30/h1-14,16,19-20H,15,17-18,31-32H2. The highest BCUT2D eigenvalue weighted by Crippen LogP contribution is 2.62. The van der Waals surface area contributed by atoms with E-state index in [-0.39, 0.29) is 17.5 Å². The summed E-state index contributed by atoms with van der Waals surface area (Å²) in [6, 6.07) is 34.0. The molecule has 1 aliphatic heterocycles. The van der Waals surface area contributed by atoms with E-state index >= 15 is 0 Å². The van der Waals surface area contributed by atoms with E-state index in [0.29, 0.717) is 0 Å². The number of hydrogen-bond acceptors (Lipinski definition) is 3. The fourth-order valence-electron chi connectivity index (χ4n) is 6.67. The molecule has 4 aromatic carbocycles. The van der Waals surface area contributed by atoms with Crippen LogP contribution in [-0.4, -0.2) is 25.2 Å². The van der Waals surface area contributed by atoms with Gasteiger partial charge in [0.05, 0.1) is 5.41 Å². The Bertz CT molecular complexity index is 1330. The molecule has 0 radical (unpaired) electrons. The molecule has 2 atom stereocenters. The lowest BCUT2D eigenvalue weighted by Gasteiger charge is -2.37. The van der Waals surface area contributed by atoms with Crippen molar-refractivity contribution >= 4 is 5.69 Å². The molecule has 1 fully saturated rings. The van der Waals surface area contributed by atoms with Crippen molar-refractivity contribution < 1.29 is 0 Å². The molecule has 3 heteroatoms. The molecule has 1 spiro atoms. The van der Waals surface area contributed by atoms with Gasteiger partial charge in [-0.3, -0.25) is 0 Å². The second-order valence-electron chi connectivity index (χ2n) is 9.78. The average Bonchev–Trinajstić information content (AvgIpc) is 3.31. The molecule has 33 heavy (non-hydrogen) atoms. The van der Waals surface area contributed by atoms with Crippen LogP contribution in [0.1, 0.15) is 28.7 Å². The minimum atomic E-state index is -0.296. The summed E-state index contributed by atoms with van der Waals surface area (Å²) in [5, 5.41) is 0. The van der Waals surface area contributed by atoms with Crippen molar-refractivity contribution in [3.05, 3.63) is 113 Å². The molecule has 4 aromatic rings. The van der Waals surface area contributed by atoms with Crippen LogP contribution in [0.3, 0.4) is 0 Å². The summed E-state index contributed by atoms with van der Waals surface area (Å²) >= 11 is 0. The first-order valence-electron chi connectivity index (χ1n) is 11.9. The van der Waals surface area contributed by atoms with Crippen LogP contribution in [0.5, 0.6) is 0 Å². The number of nitrogens with zero attached hydrogens (tertiary/aromatic N) is 1. The first-order valence-corrected chi connectivity index (χ1v) is 11.9. The van der Waals surface area contributed by atoms with Crippen LogP contribution in [0.15, 0.2) is 91.0 Å². The van der Waals surface area contributed by atoms with Crippen molar-refractivity contribution in [3.63, 3.8) is 0 Å². The second-order valence-corrected chi connectivity index (χ2v) is 9.78. The molecule has 2 aliphatic carbocycles. The quantitative estimate of drug-likeness (QED) is 0.391. The molecule has 3 nitrogen and oxygen atoms in total. The van der Waals surface area contributed by atoms with Crippen molar-refractivity contribution in [2.75, 3.05) is 18.0 Å². The molecular weight excluding hydrogens is 402 g/mol. The molecule has 1 heterocycles. The number of nitrogens with two attached hydrogens (primary N) is 2. The van der Waals surface area contributed by atoms with Gasteiger partial charge in [0.1, 0.15) is 0 Å². The van der Waals surface area contributed by atoms with E-state index in [1.165, 1.54) is 50.2 Å². The average molecular weight is 430 g/mol. The number of rotatable bonds is 1. The van der Waals surface area contributed by atoms with Gasteiger partial charge >= 0.3 is 0 Å². The Kier molecular flexibility index (Phi) is 3.94. The normalized spacial score (nSPS) is 21.5. The molecule has 7 rings (SSSR count). The summed E-state index contributed by atoms with van der Waals surface area (Å²) in [4.78, 5) is 2.38. The Morgan fingerprint density at radius 1 is 0.576 bits per heavy atom. The lowest BCUT2D eigenvalue weighted by atomic mass is 9.70. The van der Waals surface area contributed by atoms with Crippen LogP contribution >= 0.6 is 0 Å². The third-order valence-electron chi connectivity index (χ3n) is 7.86. The van der Waals surface area contributed by atoms with E-state index < -0.39 is 0 Å². The van der Waals surface area contributed by atoms with Crippen molar-refractivity contribution in [2.45, 2.75) is 23.9 Å². The first-order chi connectivity index (χ1) is 16.2. The van der Waals surface area contributed by atoms with Gasteiger partial charge in [-0.1, -0.05) is 78.9 Å². The smallest absolute Gasteiger partial charge is 0.0726 e. The predicted octanol–water partition coefficient (Wildman–Crippen LogP) is 4.89. The summed E-state index contributed by atoms with van der Waals surface area (Å²) in [6.07, 6.45) is 0.886. The van der Waals surface area contributed by atoms with Crippen molar-refractivity contribution in [3.8, 4) is 22.3 Å². The van der Waals surface area contributed by atoms with Crippen molar-refractivity contribution in [1.29, 1.82) is 0 Å². The second kappa shape index (κ2) is 6.80. The van der Waals surface area contributed by atoms with Crippen LogP contribution in [0, 0.1) is 0 Å². The molecule has 2 unspecified atom stereocenters. The number of benzene rings is 4. The van der Waals surface area contributed by atoms with E-state index in [0.717, 1.165) is 19.5 Å². The van der Waals surface area contributed by atoms with Crippen LogP contribution in [0.2, 0.25) is 0 Å². The van der Waals surface area contributed by atoms with Gasteiger partial charge in [0.2, 0.25) is 0 Å². The molecule has 0 saturated carbocycles.